The Bertz CT molecular complexity index is 461. The molecule has 2 aromatic carbocycles. The van der Waals surface area contributed by atoms with Crippen LogP contribution in [0.5, 0.6) is 0 Å². The Labute approximate surface area is 83.3 Å². The largest absolute Gasteiger partial charge is 0.347 e. The van der Waals surface area contributed by atoms with E-state index in [1.165, 1.54) is 10.8 Å². The number of anilines is 1. The second kappa shape index (κ2) is 3.92. The maximum absolute atomic E-state index is 3.87. The van der Waals surface area contributed by atoms with Crippen LogP contribution in [0.3, 0.4) is 0 Å². The van der Waals surface area contributed by atoms with Crippen molar-refractivity contribution in [1.29, 1.82) is 0 Å². The van der Waals surface area contributed by atoms with E-state index in [9.17, 15) is 0 Å². The van der Waals surface area contributed by atoms with E-state index in [0.29, 0.717) is 0 Å². The van der Waals surface area contributed by atoms with Gasteiger partial charge in [-0.1, -0.05) is 30.3 Å². The van der Waals surface area contributed by atoms with Crippen molar-refractivity contribution in [2.45, 2.75) is 0 Å². The normalized spacial score (nSPS) is 10.9. The average Bonchev–Trinajstić information content (AvgIpc) is 2.26. The lowest BCUT2D eigenvalue weighted by atomic mass is 10.1. The molecular formula is C12H12N2. The molecule has 0 amide bonds. The summed E-state index contributed by atoms with van der Waals surface area (Å²) in [5.74, 6) is 0. The predicted octanol–water partition coefficient (Wildman–Crippen LogP) is 2.91. The van der Waals surface area contributed by atoms with Crippen LogP contribution in [-0.4, -0.2) is 13.4 Å². The number of hydrogen-bond donors (Lipinski definition) is 1. The van der Waals surface area contributed by atoms with Crippen LogP contribution < -0.4 is 5.32 Å². The van der Waals surface area contributed by atoms with E-state index in [1.54, 1.807) is 13.4 Å². The third-order valence-corrected chi connectivity index (χ3v) is 2.11. The highest BCUT2D eigenvalue weighted by Crippen LogP contribution is 2.18. The molecule has 0 aliphatic rings. The van der Waals surface area contributed by atoms with Crippen molar-refractivity contribution in [1.82, 2.24) is 0 Å². The molecule has 0 heterocycles. The summed E-state index contributed by atoms with van der Waals surface area (Å²) in [4.78, 5) is 3.87. The number of hydrogen-bond acceptors (Lipinski definition) is 1. The molecule has 0 saturated heterocycles. The predicted molar refractivity (Wildman–Crippen MR) is 62.0 cm³/mol. The van der Waals surface area contributed by atoms with Gasteiger partial charge in [0, 0.05) is 12.7 Å². The van der Waals surface area contributed by atoms with Crippen molar-refractivity contribution in [2.75, 3.05) is 12.4 Å². The van der Waals surface area contributed by atoms with Crippen LogP contribution in [0.2, 0.25) is 0 Å². The van der Waals surface area contributed by atoms with Crippen LogP contribution in [0.1, 0.15) is 0 Å². The van der Waals surface area contributed by atoms with Gasteiger partial charge in [-0.15, -0.1) is 0 Å². The fourth-order valence-electron chi connectivity index (χ4n) is 1.42. The summed E-state index contributed by atoms with van der Waals surface area (Å²) in [7, 11) is 1.74. The summed E-state index contributed by atoms with van der Waals surface area (Å²) in [6.45, 7) is 0. The number of nitrogens with one attached hydrogen (secondary N) is 1. The number of aliphatic imine (C=N–C) groups is 1. The summed E-state index contributed by atoms with van der Waals surface area (Å²) in [5, 5.41) is 5.59. The molecule has 0 bridgehead atoms. The van der Waals surface area contributed by atoms with Crippen LogP contribution in [0.25, 0.3) is 10.8 Å². The molecule has 2 heteroatoms. The van der Waals surface area contributed by atoms with Gasteiger partial charge in [0.05, 0.1) is 6.34 Å². The molecule has 0 aliphatic carbocycles. The maximum Gasteiger partial charge on any atom is 0.0864 e. The summed E-state index contributed by atoms with van der Waals surface area (Å²) in [6, 6.07) is 14.5. The molecule has 70 valence electrons. The quantitative estimate of drug-likeness (QED) is 0.563. The van der Waals surface area contributed by atoms with E-state index in [-0.39, 0.29) is 0 Å². The second-order valence-electron chi connectivity index (χ2n) is 3.09. The van der Waals surface area contributed by atoms with Gasteiger partial charge in [-0.3, -0.25) is 4.99 Å². The number of benzene rings is 2. The van der Waals surface area contributed by atoms with Gasteiger partial charge in [-0.25, -0.2) is 0 Å². The molecule has 0 radical (unpaired) electrons. The third-order valence-electron chi connectivity index (χ3n) is 2.11. The fraction of sp³-hybridized carbons (Fsp3) is 0.0833. The standard InChI is InChI=1S/C12H12N2/c1-13-9-14-12-7-6-10-4-2-3-5-11(10)8-12/h2-9H,1H3,(H,13,14). The van der Waals surface area contributed by atoms with Crippen molar-refractivity contribution in [3.8, 4) is 0 Å². The van der Waals surface area contributed by atoms with Gasteiger partial charge in [0.2, 0.25) is 0 Å². The van der Waals surface area contributed by atoms with E-state index in [4.69, 9.17) is 0 Å². The minimum Gasteiger partial charge on any atom is -0.347 e. The summed E-state index contributed by atoms with van der Waals surface area (Å²) >= 11 is 0. The van der Waals surface area contributed by atoms with E-state index < -0.39 is 0 Å². The van der Waals surface area contributed by atoms with Gasteiger partial charge in [-0.2, -0.15) is 0 Å². The first-order valence-electron chi connectivity index (χ1n) is 4.56. The molecule has 0 saturated carbocycles. The molecular weight excluding hydrogens is 172 g/mol. The molecule has 0 aliphatic heterocycles. The second-order valence-corrected chi connectivity index (χ2v) is 3.09. The molecule has 0 atom stereocenters. The van der Waals surface area contributed by atoms with Gasteiger partial charge in [-0.05, 0) is 22.9 Å². The molecule has 2 rings (SSSR count). The SMILES string of the molecule is CN=CNc1ccc2ccccc2c1. The third kappa shape index (κ3) is 1.74. The zero-order valence-corrected chi connectivity index (χ0v) is 8.07. The van der Waals surface area contributed by atoms with Gasteiger partial charge in [0.15, 0.2) is 0 Å². The zero-order valence-electron chi connectivity index (χ0n) is 8.07. The highest BCUT2D eigenvalue weighted by Gasteiger charge is 1.92. The summed E-state index contributed by atoms with van der Waals surface area (Å²) < 4.78 is 0. The Morgan fingerprint density at radius 3 is 2.64 bits per heavy atom. The molecule has 0 spiro atoms. The Morgan fingerprint density at radius 2 is 1.86 bits per heavy atom. The van der Waals surface area contributed by atoms with Gasteiger partial charge in [0.1, 0.15) is 0 Å². The minimum absolute atomic E-state index is 1.06. The molecule has 0 unspecified atom stereocenters. The van der Waals surface area contributed by atoms with Crippen molar-refractivity contribution in [2.24, 2.45) is 4.99 Å². The average molecular weight is 184 g/mol. The maximum atomic E-state index is 3.87. The molecule has 1 N–H and O–H groups in total. The number of fused-ring (bicyclic) bond motifs is 1. The Hall–Kier alpha value is -1.83. The van der Waals surface area contributed by atoms with Crippen LogP contribution in [0.15, 0.2) is 47.5 Å². The van der Waals surface area contributed by atoms with E-state index in [1.807, 2.05) is 18.2 Å². The molecule has 2 aromatic rings. The summed E-state index contributed by atoms with van der Waals surface area (Å²) in [6.07, 6.45) is 1.68. The zero-order chi connectivity index (χ0) is 9.80. The highest BCUT2D eigenvalue weighted by atomic mass is 14.9. The first-order chi connectivity index (χ1) is 6.90. The molecule has 14 heavy (non-hydrogen) atoms. The van der Waals surface area contributed by atoms with Crippen LogP contribution >= 0.6 is 0 Å². The van der Waals surface area contributed by atoms with E-state index >= 15 is 0 Å². The van der Waals surface area contributed by atoms with Crippen LogP contribution in [-0.2, 0) is 0 Å². The number of nitrogens with zero attached hydrogens (tertiary/aromatic N) is 1. The summed E-state index contributed by atoms with van der Waals surface area (Å²) in [5.41, 5.74) is 1.06. The molecule has 0 fully saturated rings. The van der Waals surface area contributed by atoms with Crippen LogP contribution in [0, 0.1) is 0 Å². The number of rotatable bonds is 2. The van der Waals surface area contributed by atoms with Crippen molar-refractivity contribution >= 4 is 22.8 Å². The van der Waals surface area contributed by atoms with E-state index in [0.717, 1.165) is 5.69 Å². The van der Waals surface area contributed by atoms with Crippen molar-refractivity contribution in [3.05, 3.63) is 42.5 Å². The van der Waals surface area contributed by atoms with Gasteiger partial charge in [0.25, 0.3) is 0 Å². The topological polar surface area (TPSA) is 24.4 Å². The minimum atomic E-state index is 1.06. The Morgan fingerprint density at radius 1 is 1.07 bits per heavy atom. The highest BCUT2D eigenvalue weighted by molar-refractivity contribution is 5.88. The first kappa shape index (κ1) is 8.75. The lowest BCUT2D eigenvalue weighted by Gasteiger charge is -2.02. The van der Waals surface area contributed by atoms with Crippen molar-refractivity contribution in [3.63, 3.8) is 0 Å². The van der Waals surface area contributed by atoms with Crippen LogP contribution in [0.4, 0.5) is 5.69 Å². The Kier molecular flexibility index (Phi) is 2.45. The monoisotopic (exact) mass is 184 g/mol. The molecule has 0 aromatic heterocycles. The Balaban J connectivity index is 2.41. The van der Waals surface area contributed by atoms with E-state index in [2.05, 4.69) is 34.6 Å². The van der Waals surface area contributed by atoms with Gasteiger partial charge < -0.3 is 5.32 Å². The van der Waals surface area contributed by atoms with Crippen molar-refractivity contribution < 1.29 is 0 Å². The van der Waals surface area contributed by atoms with Gasteiger partial charge >= 0.3 is 0 Å². The fourth-order valence-corrected chi connectivity index (χ4v) is 1.42. The lowest BCUT2D eigenvalue weighted by molar-refractivity contribution is 1.46. The first-order valence-corrected chi connectivity index (χ1v) is 4.56. The molecule has 2 nitrogen and oxygen atoms in total. The smallest absolute Gasteiger partial charge is 0.0864 e. The lowest BCUT2D eigenvalue weighted by Crippen LogP contribution is -1.93.